The van der Waals surface area contributed by atoms with Crippen molar-refractivity contribution in [2.75, 3.05) is 26.8 Å². The van der Waals surface area contributed by atoms with E-state index in [2.05, 4.69) is 17.0 Å². The van der Waals surface area contributed by atoms with Gasteiger partial charge < -0.3 is 14.6 Å². The molecular formula is C23H26N2O4S. The number of para-hydroxylation sites is 1. The number of hydrogen-bond acceptors (Lipinski definition) is 6. The van der Waals surface area contributed by atoms with E-state index in [9.17, 15) is 9.90 Å². The van der Waals surface area contributed by atoms with Crippen molar-refractivity contribution in [1.82, 2.24) is 9.88 Å². The maximum atomic E-state index is 11.4. The number of fused-ring (bicyclic) bond motifs is 1. The lowest BCUT2D eigenvalue weighted by atomic mass is 9.94. The highest BCUT2D eigenvalue weighted by Gasteiger charge is 2.32. The predicted molar refractivity (Wildman–Crippen MR) is 118 cm³/mol. The highest BCUT2D eigenvalue weighted by atomic mass is 32.1. The molecule has 6 nitrogen and oxygen atoms in total. The van der Waals surface area contributed by atoms with Crippen LogP contribution in [-0.4, -0.2) is 47.8 Å². The zero-order chi connectivity index (χ0) is 21.1. The fourth-order valence-electron chi connectivity index (χ4n) is 4.05. The number of carboxylic acids is 1. The molecule has 30 heavy (non-hydrogen) atoms. The van der Waals surface area contributed by atoms with Crippen LogP contribution in [0.4, 0.5) is 0 Å². The van der Waals surface area contributed by atoms with E-state index in [1.807, 2.05) is 37.3 Å². The molecule has 1 aliphatic heterocycles. The molecule has 0 bridgehead atoms. The van der Waals surface area contributed by atoms with Gasteiger partial charge >= 0.3 is 5.97 Å². The predicted octanol–water partition coefficient (Wildman–Crippen LogP) is 4.59. The number of carbonyl (C=O) groups is 1. The molecule has 4 rings (SSSR count). The zero-order valence-corrected chi connectivity index (χ0v) is 18.0. The summed E-state index contributed by atoms with van der Waals surface area (Å²) in [6.07, 6.45) is 1.29. The fraction of sp³-hybridized carbons (Fsp3) is 0.391. The first-order valence-electron chi connectivity index (χ1n) is 10.2. The van der Waals surface area contributed by atoms with Crippen molar-refractivity contribution in [1.29, 1.82) is 0 Å². The van der Waals surface area contributed by atoms with Crippen LogP contribution in [-0.2, 0) is 4.79 Å². The average Bonchev–Trinajstić information content (AvgIpc) is 3.18. The highest BCUT2D eigenvalue weighted by molar-refractivity contribution is 7.18. The molecule has 1 unspecified atom stereocenters. The molecule has 7 heteroatoms. The molecule has 1 N–H and O–H groups in total. The van der Waals surface area contributed by atoms with Crippen molar-refractivity contribution in [2.45, 2.75) is 25.8 Å². The minimum absolute atomic E-state index is 0.0535. The molecule has 0 spiro atoms. The summed E-state index contributed by atoms with van der Waals surface area (Å²) in [5.74, 6) is 0.443. The molecule has 1 atom stereocenters. The van der Waals surface area contributed by atoms with Crippen LogP contribution in [0, 0.1) is 5.92 Å². The van der Waals surface area contributed by atoms with Crippen LogP contribution in [0.25, 0.3) is 10.2 Å². The second kappa shape index (κ2) is 9.02. The van der Waals surface area contributed by atoms with Gasteiger partial charge in [-0.05, 0) is 62.7 Å². The maximum Gasteiger partial charge on any atom is 0.306 e. The van der Waals surface area contributed by atoms with Gasteiger partial charge in [0.25, 0.3) is 0 Å². The van der Waals surface area contributed by atoms with Crippen LogP contribution in [0.1, 0.15) is 36.4 Å². The summed E-state index contributed by atoms with van der Waals surface area (Å²) in [6, 6.07) is 14.1. The average molecular weight is 427 g/mol. The third kappa shape index (κ3) is 4.13. The SMILES string of the molecule is CCOc1cc(C(c2nc3ccccc3s2)N2CCC(C(=O)O)CC2)ccc1OC. The molecule has 0 amide bonds. The Balaban J connectivity index is 1.74. The minimum atomic E-state index is -0.700. The van der Waals surface area contributed by atoms with Crippen molar-refractivity contribution < 1.29 is 19.4 Å². The van der Waals surface area contributed by atoms with Gasteiger partial charge in [0.15, 0.2) is 11.5 Å². The van der Waals surface area contributed by atoms with Gasteiger partial charge in [-0.25, -0.2) is 4.98 Å². The Morgan fingerprint density at radius 1 is 1.23 bits per heavy atom. The van der Waals surface area contributed by atoms with Crippen molar-refractivity contribution in [3.63, 3.8) is 0 Å². The molecule has 0 aliphatic carbocycles. The van der Waals surface area contributed by atoms with Gasteiger partial charge in [0.2, 0.25) is 0 Å². The van der Waals surface area contributed by atoms with Crippen molar-refractivity contribution in [2.24, 2.45) is 5.92 Å². The summed E-state index contributed by atoms with van der Waals surface area (Å²) in [4.78, 5) is 18.7. The molecule has 1 fully saturated rings. The molecule has 1 saturated heterocycles. The van der Waals surface area contributed by atoms with E-state index >= 15 is 0 Å². The number of hydrogen-bond donors (Lipinski definition) is 1. The smallest absolute Gasteiger partial charge is 0.306 e. The van der Waals surface area contributed by atoms with Gasteiger partial charge in [-0.15, -0.1) is 11.3 Å². The third-order valence-corrected chi connectivity index (χ3v) is 6.68. The molecule has 1 aromatic heterocycles. The standard InChI is InChI=1S/C23H26N2O4S/c1-3-29-19-14-16(8-9-18(19)28-2)21(25-12-10-15(11-13-25)23(26)27)22-24-17-6-4-5-7-20(17)30-22/h4-9,14-15,21H,3,10-13H2,1-2H3,(H,26,27). The molecule has 0 saturated carbocycles. The van der Waals surface area contributed by atoms with Crippen molar-refractivity contribution >= 4 is 27.5 Å². The number of piperidine rings is 1. The number of aliphatic carboxylic acids is 1. The van der Waals surface area contributed by atoms with Crippen LogP contribution in [0.2, 0.25) is 0 Å². The summed E-state index contributed by atoms with van der Waals surface area (Å²) >= 11 is 1.69. The monoisotopic (exact) mass is 426 g/mol. The minimum Gasteiger partial charge on any atom is -0.493 e. The number of nitrogens with zero attached hydrogens (tertiary/aromatic N) is 2. The van der Waals surface area contributed by atoms with E-state index in [1.54, 1.807) is 18.4 Å². The van der Waals surface area contributed by atoms with Crippen molar-refractivity contribution in [3.05, 3.63) is 53.0 Å². The Labute approximate surface area is 180 Å². The van der Waals surface area contributed by atoms with E-state index in [-0.39, 0.29) is 12.0 Å². The number of aromatic nitrogens is 1. The lowest BCUT2D eigenvalue weighted by molar-refractivity contribution is -0.143. The molecule has 2 heterocycles. The van der Waals surface area contributed by atoms with Crippen molar-refractivity contribution in [3.8, 4) is 11.5 Å². The van der Waals surface area contributed by atoms with Crippen LogP contribution in [0.3, 0.4) is 0 Å². The summed E-state index contributed by atoms with van der Waals surface area (Å²) in [6.45, 7) is 3.94. The Bertz CT molecular complexity index is 994. The Morgan fingerprint density at radius 2 is 2.00 bits per heavy atom. The molecule has 2 aromatic carbocycles. The molecule has 3 aromatic rings. The summed E-state index contributed by atoms with van der Waals surface area (Å²) in [7, 11) is 1.64. The van der Waals surface area contributed by atoms with E-state index in [4.69, 9.17) is 14.5 Å². The van der Waals surface area contributed by atoms with E-state index in [1.165, 1.54) is 0 Å². The zero-order valence-electron chi connectivity index (χ0n) is 17.2. The quantitative estimate of drug-likeness (QED) is 0.596. The maximum absolute atomic E-state index is 11.4. The Hall–Kier alpha value is -2.64. The van der Waals surface area contributed by atoms with Gasteiger partial charge in [0.1, 0.15) is 5.01 Å². The molecule has 1 aliphatic rings. The first-order chi connectivity index (χ1) is 14.6. The molecule has 0 radical (unpaired) electrons. The van der Waals surface area contributed by atoms with E-state index < -0.39 is 5.97 Å². The van der Waals surface area contributed by atoms with Crippen LogP contribution in [0.15, 0.2) is 42.5 Å². The lowest BCUT2D eigenvalue weighted by Gasteiger charge is -2.36. The number of carboxylic acid groups (broad SMARTS) is 1. The van der Waals surface area contributed by atoms with Gasteiger partial charge in [-0.1, -0.05) is 18.2 Å². The number of rotatable bonds is 7. The van der Waals surface area contributed by atoms with Crippen LogP contribution >= 0.6 is 11.3 Å². The van der Waals surface area contributed by atoms with Gasteiger partial charge in [0, 0.05) is 0 Å². The fourth-order valence-corrected chi connectivity index (χ4v) is 5.18. The van der Waals surface area contributed by atoms with Gasteiger partial charge in [-0.3, -0.25) is 9.69 Å². The second-order valence-electron chi connectivity index (χ2n) is 7.41. The number of thiazole rings is 1. The largest absolute Gasteiger partial charge is 0.493 e. The number of likely N-dealkylation sites (tertiary alicyclic amines) is 1. The van der Waals surface area contributed by atoms with Crippen LogP contribution in [0.5, 0.6) is 11.5 Å². The lowest BCUT2D eigenvalue weighted by Crippen LogP contribution is -2.39. The highest BCUT2D eigenvalue weighted by Crippen LogP contribution is 2.39. The number of methoxy groups -OCH3 is 1. The molecule has 158 valence electrons. The number of ether oxygens (including phenoxy) is 2. The Kier molecular flexibility index (Phi) is 6.20. The third-order valence-electron chi connectivity index (χ3n) is 5.59. The first-order valence-corrected chi connectivity index (χ1v) is 11.1. The normalized spacial score (nSPS) is 16.5. The summed E-state index contributed by atoms with van der Waals surface area (Å²) in [5.41, 5.74) is 2.06. The van der Waals surface area contributed by atoms with E-state index in [0.717, 1.165) is 20.8 Å². The van der Waals surface area contributed by atoms with Gasteiger partial charge in [-0.2, -0.15) is 0 Å². The summed E-state index contributed by atoms with van der Waals surface area (Å²) < 4.78 is 12.4. The Morgan fingerprint density at radius 3 is 2.67 bits per heavy atom. The number of benzene rings is 2. The molecular weight excluding hydrogens is 400 g/mol. The van der Waals surface area contributed by atoms with Crippen LogP contribution < -0.4 is 9.47 Å². The van der Waals surface area contributed by atoms with Gasteiger partial charge in [0.05, 0.1) is 35.9 Å². The first kappa shape index (κ1) is 20.6. The van der Waals surface area contributed by atoms with E-state index in [0.29, 0.717) is 44.0 Å². The second-order valence-corrected chi connectivity index (χ2v) is 8.48. The summed E-state index contributed by atoms with van der Waals surface area (Å²) in [5, 5.41) is 10.4. The topological polar surface area (TPSA) is 71.9 Å².